The Balaban J connectivity index is 1.55. The smallest absolute Gasteiger partial charge is 0.258 e. The Morgan fingerprint density at radius 3 is 2.36 bits per heavy atom. The number of rotatable bonds is 5. The highest BCUT2D eigenvalue weighted by Gasteiger charge is 2.38. The van der Waals surface area contributed by atoms with Crippen LogP contribution in [0.5, 0.6) is 0 Å². The topological polar surface area (TPSA) is 53.8 Å². The second kappa shape index (κ2) is 10.1. The quantitative estimate of drug-likeness (QED) is 0.297. The maximum absolute atomic E-state index is 13.9. The van der Waals surface area contributed by atoms with Gasteiger partial charge in [0, 0.05) is 29.1 Å². The summed E-state index contributed by atoms with van der Waals surface area (Å²) in [6.45, 7) is 4.04. The van der Waals surface area contributed by atoms with E-state index in [1.807, 2.05) is 109 Å². The second-order valence-corrected chi connectivity index (χ2v) is 9.09. The highest BCUT2D eigenvalue weighted by atomic mass is 16.3. The van der Waals surface area contributed by atoms with Crippen molar-refractivity contribution in [2.24, 2.45) is 0 Å². The van der Waals surface area contributed by atoms with Gasteiger partial charge in [-0.15, -0.1) is 0 Å². The van der Waals surface area contributed by atoms with Crippen molar-refractivity contribution < 1.29 is 14.0 Å². The molecule has 180 valence electrons. The molecule has 0 unspecified atom stereocenters. The molecule has 0 saturated heterocycles. The zero-order valence-corrected chi connectivity index (χ0v) is 20.4. The second-order valence-electron chi connectivity index (χ2n) is 9.09. The predicted molar refractivity (Wildman–Crippen MR) is 143 cm³/mol. The minimum atomic E-state index is -0.231. The number of hydrogen-bond donors (Lipinski definition) is 0. The predicted octanol–water partition coefficient (Wildman–Crippen LogP) is 6.81. The van der Waals surface area contributed by atoms with E-state index in [4.69, 9.17) is 4.42 Å². The molecule has 0 spiro atoms. The van der Waals surface area contributed by atoms with Gasteiger partial charge in [-0.1, -0.05) is 54.1 Å². The van der Waals surface area contributed by atoms with Crippen LogP contribution in [0.3, 0.4) is 0 Å². The molecule has 2 amide bonds. The van der Waals surface area contributed by atoms with Crippen LogP contribution in [-0.4, -0.2) is 17.9 Å². The van der Waals surface area contributed by atoms with Crippen molar-refractivity contribution in [3.63, 3.8) is 0 Å². The van der Waals surface area contributed by atoms with Gasteiger partial charge in [-0.25, -0.2) is 0 Å². The minimum Gasteiger partial charge on any atom is -0.465 e. The first kappa shape index (κ1) is 23.4. The fourth-order valence-electron chi connectivity index (χ4n) is 4.84. The summed E-state index contributed by atoms with van der Waals surface area (Å²) in [5.41, 5.74) is 4.32. The monoisotopic (exact) mass is 476 g/mol. The number of benzene rings is 3. The molecule has 1 aliphatic rings. The Morgan fingerprint density at radius 2 is 1.64 bits per heavy atom. The first-order valence-corrected chi connectivity index (χ1v) is 12.1. The summed E-state index contributed by atoms with van der Waals surface area (Å²) in [6.07, 6.45) is 5.40. The SMILES string of the molecule is Cc1ccc(C(=O)N(c2ccccc2)[C@H]2C[C@@H](C)N(C(=O)/C=C/c3ccco3)c3ccccc32)cc1. The Bertz CT molecular complexity index is 1380. The van der Waals surface area contributed by atoms with Gasteiger partial charge in [-0.05, 0) is 74.4 Å². The van der Waals surface area contributed by atoms with Crippen LogP contribution in [0.4, 0.5) is 11.4 Å². The fraction of sp³-hybridized carbons (Fsp3) is 0.161. The van der Waals surface area contributed by atoms with Crippen LogP contribution in [0.25, 0.3) is 6.08 Å². The molecule has 0 radical (unpaired) electrons. The molecule has 3 aromatic carbocycles. The number of amides is 2. The van der Waals surface area contributed by atoms with Gasteiger partial charge in [0.05, 0.1) is 12.3 Å². The summed E-state index contributed by atoms with van der Waals surface area (Å²) in [7, 11) is 0. The number of carbonyl (C=O) groups excluding carboxylic acids is 2. The van der Waals surface area contributed by atoms with Crippen molar-refractivity contribution in [3.05, 3.63) is 126 Å². The third-order valence-corrected chi connectivity index (χ3v) is 6.59. The van der Waals surface area contributed by atoms with Crippen LogP contribution in [0.2, 0.25) is 0 Å². The average molecular weight is 477 g/mol. The van der Waals surface area contributed by atoms with Crippen LogP contribution in [0.1, 0.15) is 46.6 Å². The van der Waals surface area contributed by atoms with E-state index in [1.54, 1.807) is 24.5 Å². The van der Waals surface area contributed by atoms with Crippen molar-refractivity contribution in [2.75, 3.05) is 9.80 Å². The Hall–Kier alpha value is -4.38. The summed E-state index contributed by atoms with van der Waals surface area (Å²) < 4.78 is 5.34. The lowest BCUT2D eigenvalue weighted by Crippen LogP contribution is -2.47. The Kier molecular flexibility index (Phi) is 6.54. The first-order chi connectivity index (χ1) is 17.5. The molecular formula is C31H28N2O3. The van der Waals surface area contributed by atoms with Gasteiger partial charge in [-0.3, -0.25) is 9.59 Å². The van der Waals surface area contributed by atoms with Crippen molar-refractivity contribution in [2.45, 2.75) is 32.4 Å². The van der Waals surface area contributed by atoms with E-state index in [9.17, 15) is 9.59 Å². The molecule has 36 heavy (non-hydrogen) atoms. The average Bonchev–Trinajstić information content (AvgIpc) is 3.42. The van der Waals surface area contributed by atoms with Gasteiger partial charge in [-0.2, -0.15) is 0 Å². The van der Waals surface area contributed by atoms with E-state index < -0.39 is 0 Å². The fourth-order valence-corrected chi connectivity index (χ4v) is 4.84. The van der Waals surface area contributed by atoms with Crippen molar-refractivity contribution in [1.82, 2.24) is 0 Å². The van der Waals surface area contributed by atoms with Gasteiger partial charge in [0.25, 0.3) is 11.8 Å². The molecule has 5 heteroatoms. The third-order valence-electron chi connectivity index (χ3n) is 6.59. The lowest BCUT2D eigenvalue weighted by atomic mass is 9.89. The summed E-state index contributed by atoms with van der Waals surface area (Å²) in [6, 6.07) is 28.5. The van der Waals surface area contributed by atoms with Gasteiger partial charge < -0.3 is 14.2 Å². The molecule has 5 rings (SSSR count). The molecule has 0 bridgehead atoms. The largest absolute Gasteiger partial charge is 0.465 e. The van der Waals surface area contributed by atoms with E-state index >= 15 is 0 Å². The summed E-state index contributed by atoms with van der Waals surface area (Å²) in [4.78, 5) is 30.9. The number of nitrogens with zero attached hydrogens (tertiary/aromatic N) is 2. The molecule has 0 aliphatic carbocycles. The minimum absolute atomic E-state index is 0.0642. The maximum Gasteiger partial charge on any atom is 0.258 e. The molecule has 0 N–H and O–H groups in total. The van der Waals surface area contributed by atoms with Crippen molar-refractivity contribution in [3.8, 4) is 0 Å². The summed E-state index contributed by atoms with van der Waals surface area (Å²) in [5, 5.41) is 0. The Labute approximate surface area is 211 Å². The number of anilines is 2. The number of aryl methyl sites for hydroxylation is 1. The lowest BCUT2D eigenvalue weighted by molar-refractivity contribution is -0.114. The molecular weight excluding hydrogens is 448 g/mol. The molecule has 0 fully saturated rings. The molecule has 2 atom stereocenters. The first-order valence-electron chi connectivity index (χ1n) is 12.1. The van der Waals surface area contributed by atoms with E-state index in [0.29, 0.717) is 17.7 Å². The third kappa shape index (κ3) is 4.60. The zero-order chi connectivity index (χ0) is 25.1. The van der Waals surface area contributed by atoms with Crippen LogP contribution in [0.15, 0.2) is 108 Å². The normalized spacial score (nSPS) is 17.1. The van der Waals surface area contributed by atoms with Gasteiger partial charge in [0.2, 0.25) is 0 Å². The van der Waals surface area contributed by atoms with Gasteiger partial charge in [0.15, 0.2) is 0 Å². The van der Waals surface area contributed by atoms with E-state index in [1.165, 1.54) is 0 Å². The summed E-state index contributed by atoms with van der Waals surface area (Å²) in [5.74, 6) is 0.435. The number of para-hydroxylation sites is 2. The van der Waals surface area contributed by atoms with E-state index in [0.717, 1.165) is 22.5 Å². The highest BCUT2D eigenvalue weighted by molar-refractivity contribution is 6.08. The molecule has 1 aromatic heterocycles. The maximum atomic E-state index is 13.9. The van der Waals surface area contributed by atoms with Gasteiger partial charge in [0.1, 0.15) is 5.76 Å². The van der Waals surface area contributed by atoms with E-state index in [-0.39, 0.29) is 23.9 Å². The molecule has 2 heterocycles. The lowest BCUT2D eigenvalue weighted by Gasteiger charge is -2.43. The summed E-state index contributed by atoms with van der Waals surface area (Å²) >= 11 is 0. The number of carbonyl (C=O) groups is 2. The van der Waals surface area contributed by atoms with Crippen LogP contribution >= 0.6 is 0 Å². The standard InChI is InChI=1S/C31H28N2O3/c1-22-14-16-24(17-15-22)31(35)33(25-9-4-3-5-10-25)29-21-23(2)32(28-13-7-6-12-27(28)29)30(34)19-18-26-11-8-20-36-26/h3-20,23,29H,21H2,1-2H3/b19-18+/t23-,29+/m1/s1. The Morgan fingerprint density at radius 1 is 0.917 bits per heavy atom. The van der Waals surface area contributed by atoms with Crippen LogP contribution in [0, 0.1) is 6.92 Å². The van der Waals surface area contributed by atoms with Gasteiger partial charge >= 0.3 is 0 Å². The molecule has 4 aromatic rings. The molecule has 0 saturated carbocycles. The number of hydrogen-bond acceptors (Lipinski definition) is 3. The highest BCUT2D eigenvalue weighted by Crippen LogP contribution is 2.42. The van der Waals surface area contributed by atoms with Crippen LogP contribution < -0.4 is 9.80 Å². The van der Waals surface area contributed by atoms with Crippen LogP contribution in [-0.2, 0) is 4.79 Å². The van der Waals surface area contributed by atoms with Crippen molar-refractivity contribution >= 4 is 29.3 Å². The number of fused-ring (bicyclic) bond motifs is 1. The number of furan rings is 1. The zero-order valence-electron chi connectivity index (χ0n) is 20.4. The molecule has 1 aliphatic heterocycles. The van der Waals surface area contributed by atoms with Crippen molar-refractivity contribution in [1.29, 1.82) is 0 Å². The van der Waals surface area contributed by atoms with E-state index in [2.05, 4.69) is 0 Å². The molecule has 5 nitrogen and oxygen atoms in total.